The Kier molecular flexibility index (Phi) is 6.11. The summed E-state index contributed by atoms with van der Waals surface area (Å²) in [4.78, 5) is 0. The van der Waals surface area contributed by atoms with Crippen molar-refractivity contribution in [1.82, 2.24) is 10.6 Å². The average molecular weight is 194 g/mol. The molecule has 0 amide bonds. The van der Waals surface area contributed by atoms with E-state index < -0.39 is 0 Å². The van der Waals surface area contributed by atoms with Gasteiger partial charge in [-0.25, -0.2) is 0 Å². The highest BCUT2D eigenvalue weighted by Gasteiger charge is 1.93. The van der Waals surface area contributed by atoms with E-state index in [0.29, 0.717) is 12.3 Å². The Bertz CT molecular complexity index is 263. The van der Waals surface area contributed by atoms with E-state index in [2.05, 4.69) is 10.6 Å². The summed E-state index contributed by atoms with van der Waals surface area (Å²) < 4.78 is 0. The topological polar surface area (TPSA) is 71.8 Å². The van der Waals surface area contributed by atoms with Crippen molar-refractivity contribution in [2.24, 2.45) is 0 Å². The number of nitrogens with one attached hydrogen (secondary N) is 4. The molecule has 0 heterocycles. The summed E-state index contributed by atoms with van der Waals surface area (Å²) in [6.45, 7) is 4.26. The molecule has 0 bridgehead atoms. The Morgan fingerprint density at radius 3 is 2.43 bits per heavy atom. The van der Waals surface area contributed by atoms with Crippen molar-refractivity contribution in [3.05, 3.63) is 23.5 Å². The van der Waals surface area contributed by atoms with Gasteiger partial charge in [-0.05, 0) is 26.0 Å². The molecule has 0 aliphatic rings. The Morgan fingerprint density at radius 1 is 1.29 bits per heavy atom. The maximum absolute atomic E-state index is 7.58. The third-order valence-electron chi connectivity index (χ3n) is 1.68. The molecule has 0 fully saturated rings. The van der Waals surface area contributed by atoms with E-state index >= 15 is 0 Å². The second-order valence-corrected chi connectivity index (χ2v) is 2.97. The smallest absolute Gasteiger partial charge is 0.0563 e. The van der Waals surface area contributed by atoms with Crippen molar-refractivity contribution in [3.63, 3.8) is 0 Å². The predicted octanol–water partition coefficient (Wildman–Crippen LogP) is 1.27. The minimum Gasteiger partial charge on any atom is -0.392 e. The first-order chi connectivity index (χ1) is 6.60. The van der Waals surface area contributed by atoms with Gasteiger partial charge in [-0.2, -0.15) is 0 Å². The summed E-state index contributed by atoms with van der Waals surface area (Å²) in [6, 6.07) is 0. The first kappa shape index (κ1) is 12.4. The molecule has 0 aliphatic carbocycles. The highest BCUT2D eigenvalue weighted by molar-refractivity contribution is 5.94. The van der Waals surface area contributed by atoms with Crippen molar-refractivity contribution in [1.29, 1.82) is 10.8 Å². The lowest BCUT2D eigenvalue weighted by Gasteiger charge is -2.05. The molecule has 0 saturated carbocycles. The zero-order chi connectivity index (χ0) is 11.0. The molecular weight excluding hydrogens is 176 g/mol. The molecule has 0 aliphatic heterocycles. The monoisotopic (exact) mass is 194 g/mol. The highest BCUT2D eigenvalue weighted by Crippen LogP contribution is 1.88. The third kappa shape index (κ3) is 5.99. The van der Waals surface area contributed by atoms with Crippen molar-refractivity contribution in [3.8, 4) is 0 Å². The lowest BCUT2D eigenvalue weighted by atomic mass is 10.3. The quantitative estimate of drug-likeness (QED) is 0.481. The van der Waals surface area contributed by atoms with Crippen molar-refractivity contribution in [2.45, 2.75) is 13.8 Å². The molecule has 4 heteroatoms. The van der Waals surface area contributed by atoms with E-state index in [4.69, 9.17) is 10.8 Å². The molecule has 0 unspecified atom stereocenters. The number of rotatable bonds is 6. The van der Waals surface area contributed by atoms with Crippen LogP contribution in [-0.2, 0) is 0 Å². The van der Waals surface area contributed by atoms with E-state index in [1.165, 1.54) is 6.21 Å². The van der Waals surface area contributed by atoms with Crippen LogP contribution in [0.5, 0.6) is 0 Å². The predicted molar refractivity (Wildman–Crippen MR) is 61.1 cm³/mol. The van der Waals surface area contributed by atoms with Crippen LogP contribution in [0.25, 0.3) is 0 Å². The van der Waals surface area contributed by atoms with Gasteiger partial charge in [-0.3, -0.25) is 0 Å². The molecule has 0 rings (SSSR count). The lowest BCUT2D eigenvalue weighted by molar-refractivity contribution is 0.924. The van der Waals surface area contributed by atoms with Gasteiger partial charge in [0.2, 0.25) is 0 Å². The van der Waals surface area contributed by atoms with E-state index in [0.717, 1.165) is 11.4 Å². The van der Waals surface area contributed by atoms with Crippen molar-refractivity contribution < 1.29 is 0 Å². The van der Waals surface area contributed by atoms with E-state index in [1.807, 2.05) is 20.9 Å². The van der Waals surface area contributed by atoms with Crippen LogP contribution in [0.2, 0.25) is 0 Å². The van der Waals surface area contributed by atoms with Gasteiger partial charge in [0, 0.05) is 24.7 Å². The van der Waals surface area contributed by atoms with E-state index in [9.17, 15) is 0 Å². The maximum Gasteiger partial charge on any atom is 0.0563 e. The standard InChI is InChI=1S/C10H18N4/c1-8(4-5-11)14-7-10(12)6-9(2)13-3/h4-6,11-14H,7H2,1-3H3/b8-4-,9-6-,11-5?,12-10?. The fourth-order valence-electron chi connectivity index (χ4n) is 0.803. The van der Waals surface area contributed by atoms with Gasteiger partial charge in [0.05, 0.1) is 12.3 Å². The van der Waals surface area contributed by atoms with Crippen LogP contribution in [0, 0.1) is 10.8 Å². The highest BCUT2D eigenvalue weighted by atomic mass is 14.9. The Morgan fingerprint density at radius 2 is 1.93 bits per heavy atom. The summed E-state index contributed by atoms with van der Waals surface area (Å²) in [5.74, 6) is 0. The van der Waals surface area contributed by atoms with Crippen LogP contribution in [0.1, 0.15) is 13.8 Å². The van der Waals surface area contributed by atoms with Crippen LogP contribution in [0.4, 0.5) is 0 Å². The zero-order valence-corrected chi connectivity index (χ0v) is 8.94. The largest absolute Gasteiger partial charge is 0.392 e. The first-order valence-corrected chi connectivity index (χ1v) is 4.45. The lowest BCUT2D eigenvalue weighted by Crippen LogP contribution is -2.20. The molecule has 0 aromatic heterocycles. The molecular formula is C10H18N4. The Labute approximate surface area is 85.1 Å². The fraction of sp³-hybridized carbons (Fsp3) is 0.400. The number of allylic oxidation sites excluding steroid dienone is 3. The van der Waals surface area contributed by atoms with E-state index in [1.54, 1.807) is 12.2 Å². The minimum atomic E-state index is 0.481. The second kappa shape index (κ2) is 6.88. The maximum atomic E-state index is 7.58. The molecule has 0 aromatic carbocycles. The molecule has 0 radical (unpaired) electrons. The van der Waals surface area contributed by atoms with Gasteiger partial charge >= 0.3 is 0 Å². The van der Waals surface area contributed by atoms with Gasteiger partial charge in [-0.15, -0.1) is 0 Å². The van der Waals surface area contributed by atoms with Crippen LogP contribution in [0.3, 0.4) is 0 Å². The molecule has 14 heavy (non-hydrogen) atoms. The SMILES string of the molecule is CN/C(C)=C\C(=N)CN/C(C)=C\C=N. The van der Waals surface area contributed by atoms with Gasteiger partial charge in [-0.1, -0.05) is 0 Å². The van der Waals surface area contributed by atoms with Crippen LogP contribution < -0.4 is 10.6 Å². The van der Waals surface area contributed by atoms with E-state index in [-0.39, 0.29) is 0 Å². The molecule has 0 saturated heterocycles. The van der Waals surface area contributed by atoms with Gasteiger partial charge in [0.25, 0.3) is 0 Å². The van der Waals surface area contributed by atoms with Crippen LogP contribution in [-0.4, -0.2) is 25.5 Å². The minimum absolute atomic E-state index is 0.481. The van der Waals surface area contributed by atoms with Crippen LogP contribution >= 0.6 is 0 Å². The molecule has 0 spiro atoms. The molecule has 0 atom stereocenters. The van der Waals surface area contributed by atoms with Crippen molar-refractivity contribution in [2.75, 3.05) is 13.6 Å². The summed E-state index contributed by atoms with van der Waals surface area (Å²) in [5, 5.41) is 20.4. The third-order valence-corrected chi connectivity index (χ3v) is 1.68. The van der Waals surface area contributed by atoms with Gasteiger partial charge in [0.1, 0.15) is 0 Å². The average Bonchev–Trinajstić information content (AvgIpc) is 2.15. The van der Waals surface area contributed by atoms with Crippen LogP contribution in [0.15, 0.2) is 23.5 Å². The number of hydrogen-bond acceptors (Lipinski definition) is 4. The van der Waals surface area contributed by atoms with Gasteiger partial charge < -0.3 is 21.5 Å². The number of hydrogen-bond donors (Lipinski definition) is 4. The fourth-order valence-corrected chi connectivity index (χ4v) is 0.803. The van der Waals surface area contributed by atoms with Crippen molar-refractivity contribution >= 4 is 11.9 Å². The molecule has 4 N–H and O–H groups in total. The zero-order valence-electron chi connectivity index (χ0n) is 8.94. The second-order valence-electron chi connectivity index (χ2n) is 2.97. The first-order valence-electron chi connectivity index (χ1n) is 4.45. The summed E-state index contributed by atoms with van der Waals surface area (Å²) >= 11 is 0. The molecule has 4 nitrogen and oxygen atoms in total. The molecule has 78 valence electrons. The van der Waals surface area contributed by atoms with Gasteiger partial charge in [0.15, 0.2) is 0 Å². The Hall–Kier alpha value is -1.58. The summed E-state index contributed by atoms with van der Waals surface area (Å²) in [6.07, 6.45) is 4.65. The summed E-state index contributed by atoms with van der Waals surface area (Å²) in [5.41, 5.74) is 2.36. The molecule has 0 aromatic rings. The summed E-state index contributed by atoms with van der Waals surface area (Å²) in [7, 11) is 1.83. The normalized spacial score (nSPS) is 12.2. The Balaban J connectivity index is 3.97.